The van der Waals surface area contributed by atoms with E-state index in [2.05, 4.69) is 38.1 Å². The fourth-order valence-electron chi connectivity index (χ4n) is 6.49. The molecule has 0 aliphatic carbocycles. The van der Waals surface area contributed by atoms with Gasteiger partial charge in [-0.25, -0.2) is 9.55 Å². The number of nitrogen functional groups attached to an aromatic ring is 2. The van der Waals surface area contributed by atoms with Crippen LogP contribution in [-0.4, -0.2) is 107 Å². The molecule has 2 fully saturated rings. The molecule has 2 aliphatic rings. The highest BCUT2D eigenvalue weighted by atomic mass is 31.3. The number of phosphoric acid groups is 2. The molecule has 7 rings (SSSR count). The van der Waals surface area contributed by atoms with E-state index in [1.165, 1.54) is 9.13 Å². The molecule has 0 amide bonds. The SMILES string of the molecule is [B-]P(=O)(OP(=O)([O-])OCC1CN(Cc2ccccc2)CC([n+]2cn(C)c3c(=O)[nH]c(N)nc32)O1)OP(=O)([O-])OC[C@H]1O[C@@H](n2cnc3c(=O)[nH]c(N)nc32)[C@H](O)[C@@H]1O. The number of aromatic nitrogens is 8. The molecule has 1 aromatic carbocycles. The van der Waals surface area contributed by atoms with Gasteiger partial charge in [0.1, 0.15) is 18.3 Å². The second kappa shape index (κ2) is 16.1. The Balaban J connectivity index is 0.983. The van der Waals surface area contributed by atoms with Gasteiger partial charge in [0.25, 0.3) is 32.7 Å². The first-order valence-electron chi connectivity index (χ1n) is 16.9. The van der Waals surface area contributed by atoms with E-state index in [1.807, 2.05) is 35.2 Å². The van der Waals surface area contributed by atoms with Gasteiger partial charge in [0.15, 0.2) is 29.9 Å². The molecule has 2 saturated heterocycles. The molecule has 5 unspecified atom stereocenters. The van der Waals surface area contributed by atoms with Crippen molar-refractivity contribution in [2.75, 3.05) is 37.8 Å². The third-order valence-corrected chi connectivity index (χ3v) is 13.2. The molecule has 0 bridgehead atoms. The van der Waals surface area contributed by atoms with E-state index in [-0.39, 0.29) is 47.3 Å². The molecule has 5 aromatic rings. The zero-order valence-electron chi connectivity index (χ0n) is 29.9. The summed E-state index contributed by atoms with van der Waals surface area (Å²) >= 11 is 0. The van der Waals surface area contributed by atoms with Crippen LogP contribution in [0.1, 0.15) is 18.0 Å². The minimum atomic E-state index is -5.81. The van der Waals surface area contributed by atoms with Crippen LogP contribution < -0.4 is 36.9 Å². The van der Waals surface area contributed by atoms with Crippen LogP contribution in [0.15, 0.2) is 52.6 Å². The number of nitrogens with two attached hydrogens (primary N) is 2. The van der Waals surface area contributed by atoms with Gasteiger partial charge < -0.3 is 62.1 Å². The number of phosphoric ester groups is 2. The second-order valence-electron chi connectivity index (χ2n) is 13.2. The maximum absolute atomic E-state index is 12.8. The number of ether oxygens (including phenoxy) is 2. The van der Waals surface area contributed by atoms with Crippen molar-refractivity contribution in [3.8, 4) is 0 Å². The third kappa shape index (κ3) is 9.17. The molecule has 4 aromatic heterocycles. The first-order valence-corrected chi connectivity index (χ1v) is 21.5. The lowest BCUT2D eigenvalue weighted by molar-refractivity contribution is -0.747. The van der Waals surface area contributed by atoms with Gasteiger partial charge in [-0.05, 0) is 5.56 Å². The van der Waals surface area contributed by atoms with Gasteiger partial charge in [-0.1, -0.05) is 35.3 Å². The zero-order valence-corrected chi connectivity index (χ0v) is 32.6. The monoisotopic (exact) mass is 868 g/mol. The number of hydrogen-bond donors (Lipinski definition) is 6. The van der Waals surface area contributed by atoms with Gasteiger partial charge in [0.2, 0.25) is 11.5 Å². The van der Waals surface area contributed by atoms with Crippen LogP contribution in [0.25, 0.3) is 22.3 Å². The Morgan fingerprint density at radius 2 is 1.62 bits per heavy atom. The Morgan fingerprint density at radius 3 is 2.33 bits per heavy atom. The Morgan fingerprint density at radius 1 is 0.966 bits per heavy atom. The highest BCUT2D eigenvalue weighted by molar-refractivity contribution is 7.86. The maximum Gasteiger partial charge on any atom is 0.313 e. The smallest absolute Gasteiger partial charge is 0.313 e. The molecule has 30 heteroatoms. The van der Waals surface area contributed by atoms with Crippen molar-refractivity contribution in [1.29, 1.82) is 0 Å². The summed E-state index contributed by atoms with van der Waals surface area (Å²) in [5.74, 6) is -0.445. The molecule has 6 heterocycles. The fraction of sp³-hybridized carbons (Fsp3) is 0.429. The molecule has 0 spiro atoms. The summed E-state index contributed by atoms with van der Waals surface area (Å²) in [6, 6.07) is 9.28. The number of fused-ring (bicyclic) bond motifs is 2. The average molecular weight is 868 g/mol. The van der Waals surface area contributed by atoms with Crippen molar-refractivity contribution in [3.05, 3.63) is 69.3 Å². The molecular weight excluding hydrogens is 834 g/mol. The van der Waals surface area contributed by atoms with Gasteiger partial charge in [-0.2, -0.15) is 4.98 Å². The highest BCUT2D eigenvalue weighted by Gasteiger charge is 2.45. The van der Waals surface area contributed by atoms with E-state index in [0.717, 1.165) is 16.5 Å². The van der Waals surface area contributed by atoms with Crippen molar-refractivity contribution >= 4 is 64.9 Å². The normalized spacial score (nSPS) is 26.1. The number of rotatable bonds is 14. The Kier molecular flexibility index (Phi) is 11.7. The number of aliphatic hydroxyl groups excluding tert-OH is 2. The van der Waals surface area contributed by atoms with Crippen molar-refractivity contribution < 1.29 is 65.4 Å². The zero-order chi connectivity index (χ0) is 41.7. The molecule has 2 aliphatic heterocycles. The van der Waals surface area contributed by atoms with E-state index in [1.54, 1.807) is 13.4 Å². The highest BCUT2D eigenvalue weighted by Crippen LogP contribution is 2.65. The van der Waals surface area contributed by atoms with E-state index in [9.17, 15) is 43.3 Å². The Labute approximate surface area is 326 Å². The molecule has 0 saturated carbocycles. The van der Waals surface area contributed by atoms with Crippen LogP contribution in [0.3, 0.4) is 0 Å². The number of anilines is 2. The average Bonchev–Trinajstić information content (AvgIpc) is 3.78. The molecule has 3 radical (unpaired) electrons. The predicted octanol–water partition coefficient (Wildman–Crippen LogP) is -2.85. The van der Waals surface area contributed by atoms with Gasteiger partial charge in [0.05, 0.1) is 46.7 Å². The van der Waals surface area contributed by atoms with E-state index in [4.69, 9.17) is 33.0 Å². The predicted molar refractivity (Wildman–Crippen MR) is 193 cm³/mol. The minimum Gasteiger partial charge on any atom is -0.756 e. The molecule has 26 nitrogen and oxygen atoms in total. The summed E-state index contributed by atoms with van der Waals surface area (Å²) in [7, 11) is -10.2. The van der Waals surface area contributed by atoms with Crippen LogP contribution in [0.5, 0.6) is 0 Å². The van der Waals surface area contributed by atoms with Gasteiger partial charge in [0, 0.05) is 13.1 Å². The van der Waals surface area contributed by atoms with Crippen molar-refractivity contribution in [1.82, 2.24) is 39.0 Å². The first kappa shape index (κ1) is 42.0. The summed E-state index contributed by atoms with van der Waals surface area (Å²) in [4.78, 5) is 68.8. The summed E-state index contributed by atoms with van der Waals surface area (Å²) in [6.45, 7) is -1.12. The molecule has 8 N–H and O–H groups in total. The lowest BCUT2D eigenvalue weighted by atomic mass is 10.1. The van der Waals surface area contributed by atoms with Crippen molar-refractivity contribution in [3.63, 3.8) is 0 Å². The molecular formula is C28H34BN11O15P3-2. The standard InChI is InChI=1S/C28H35BN11O15P3/c1-37-13-40(23-19(37)25(44)36-28(31)34-23)17-9-38(7-14-5-3-2-4-6-14)8-15(52-17)10-50-57(46,47)54-56(29,45)55-58(48,49)51-11-16-20(41)21(42)26(53-16)39-12-32-18-22(39)33-27(30)35-24(18)43/h2-6,12-13,15-17,20-21,26,41-42H,7-11H2,1H3,(H7-,30,31,33,34,35,36,43,44,46,47,48,49)/q-1/p-1/t15?,16-,17?,20-,21-,26-,56?/m1/s1. The summed E-state index contributed by atoms with van der Waals surface area (Å²) in [5.41, 5.74) is 11.1. The quantitative estimate of drug-likeness (QED) is 0.0371. The van der Waals surface area contributed by atoms with Gasteiger partial charge in [-0.15, -0.1) is 0 Å². The maximum atomic E-state index is 12.8. The number of aryl methyl sites for hydroxylation is 1. The van der Waals surface area contributed by atoms with E-state index < -0.39 is 84.3 Å². The topological polar surface area (TPSA) is 367 Å². The fourth-order valence-corrected chi connectivity index (χ4v) is 10.2. The summed E-state index contributed by atoms with van der Waals surface area (Å²) < 4.78 is 72.2. The van der Waals surface area contributed by atoms with Crippen LogP contribution in [0.4, 0.5) is 11.9 Å². The van der Waals surface area contributed by atoms with Gasteiger partial charge >= 0.3 is 5.65 Å². The Hall–Kier alpha value is -4.17. The summed E-state index contributed by atoms with van der Waals surface area (Å²) in [5, 5.41) is 21.1. The number of hydrogen-bond acceptors (Lipinski definition) is 21. The summed E-state index contributed by atoms with van der Waals surface area (Å²) in [6.07, 6.45) is -5.92. The Bertz CT molecular complexity index is 2590. The van der Waals surface area contributed by atoms with Crippen LogP contribution in [0.2, 0.25) is 0 Å². The minimum absolute atomic E-state index is 0.0951. The number of imidazole rings is 2. The third-order valence-electron chi connectivity index (χ3n) is 8.88. The first-order chi connectivity index (χ1) is 27.3. The van der Waals surface area contributed by atoms with Crippen LogP contribution >= 0.6 is 23.1 Å². The number of morpholine rings is 1. The van der Waals surface area contributed by atoms with E-state index >= 15 is 0 Å². The molecule has 9 atom stereocenters. The number of H-pyrrole nitrogens is 2. The number of benzene rings is 1. The number of nitrogens with zero attached hydrogens (tertiary/aromatic N) is 7. The van der Waals surface area contributed by atoms with Crippen molar-refractivity contribution in [2.24, 2.45) is 7.05 Å². The van der Waals surface area contributed by atoms with Gasteiger partial charge in [-0.3, -0.25) is 51.3 Å². The van der Waals surface area contributed by atoms with E-state index in [0.29, 0.717) is 6.54 Å². The lowest BCUT2D eigenvalue weighted by Crippen LogP contribution is -2.55. The second-order valence-corrected chi connectivity index (χ2v) is 17.9. The van der Waals surface area contributed by atoms with Crippen LogP contribution in [0, 0.1) is 0 Å². The lowest BCUT2D eigenvalue weighted by Gasteiger charge is -2.39. The number of nitrogens with one attached hydrogen (secondary N) is 2. The molecule has 58 heavy (non-hydrogen) atoms. The molecule has 311 valence electrons. The number of aromatic amines is 2. The number of aliphatic hydroxyl groups is 2. The van der Waals surface area contributed by atoms with Crippen LogP contribution in [-0.2, 0) is 54.4 Å². The largest absolute Gasteiger partial charge is 0.756 e. The van der Waals surface area contributed by atoms with Crippen molar-refractivity contribution in [2.45, 2.75) is 43.4 Å².